The Morgan fingerprint density at radius 1 is 0.829 bits per heavy atom. The number of benzene rings is 1. The second kappa shape index (κ2) is 31.6. The molecule has 8 atom stereocenters. The quantitative estimate of drug-likeness (QED) is 0.0768. The minimum atomic E-state index is -5.08. The van der Waals surface area contributed by atoms with Gasteiger partial charge >= 0.3 is 12.1 Å². The zero-order chi connectivity index (χ0) is 57.4. The van der Waals surface area contributed by atoms with Gasteiger partial charge in [-0.1, -0.05) is 46.2 Å². The van der Waals surface area contributed by atoms with Crippen molar-refractivity contribution in [3.05, 3.63) is 29.8 Å². The molecule has 2 saturated heterocycles. The molecule has 3 rings (SSSR count). The summed E-state index contributed by atoms with van der Waals surface area (Å²) in [5, 5.41) is 25.3. The number of hydrogen-bond acceptors (Lipinski definition) is 14. The van der Waals surface area contributed by atoms with Gasteiger partial charge in [-0.15, -0.1) is 0 Å². The Bertz CT molecular complexity index is 2240. The van der Waals surface area contributed by atoms with E-state index in [0.717, 1.165) is 0 Å². The molecule has 14 N–H and O–H groups in total. The Morgan fingerprint density at radius 2 is 1.43 bits per heavy atom. The molecular formula is C47H70F3N11O14S. The van der Waals surface area contributed by atoms with Crippen LogP contribution in [-0.2, 0) is 64.0 Å². The van der Waals surface area contributed by atoms with E-state index in [1.807, 2.05) is 13.8 Å². The summed E-state index contributed by atoms with van der Waals surface area (Å²) in [7, 11) is 1.50. The molecule has 0 spiro atoms. The van der Waals surface area contributed by atoms with Gasteiger partial charge in [-0.2, -0.15) is 24.9 Å². The largest absolute Gasteiger partial charge is 0.497 e. The molecule has 2 heterocycles. The van der Waals surface area contributed by atoms with Gasteiger partial charge in [0.05, 0.1) is 20.1 Å². The smallest absolute Gasteiger partial charge is 0.490 e. The summed E-state index contributed by atoms with van der Waals surface area (Å²) in [5.41, 5.74) is 16.8. The number of carbonyl (C=O) groups is 12. The highest BCUT2D eigenvalue weighted by Gasteiger charge is 2.41. The number of nitrogens with two attached hydrogens (primary N) is 3. The molecule has 25 nitrogen and oxygen atoms in total. The van der Waals surface area contributed by atoms with Crippen molar-refractivity contribution in [1.82, 2.24) is 42.1 Å². The molecule has 76 heavy (non-hydrogen) atoms. The third-order valence-corrected chi connectivity index (χ3v) is 13.0. The first-order chi connectivity index (χ1) is 35.6. The first kappa shape index (κ1) is 64.9. The van der Waals surface area contributed by atoms with Gasteiger partial charge < -0.3 is 69.2 Å². The molecule has 424 valence electrons. The van der Waals surface area contributed by atoms with E-state index >= 15 is 0 Å². The highest BCUT2D eigenvalue weighted by atomic mass is 32.2. The number of carboxylic acids is 1. The zero-order valence-electron chi connectivity index (χ0n) is 42.9. The molecule has 0 aliphatic carbocycles. The Kier molecular flexibility index (Phi) is 27.0. The number of amides is 11. The standard InChI is InChI=1S/C45H69N11O12S.C2HF3O2/c1-6-25(4)38-44(66)51-28(15-16-34(46)57)40(62)52-31(21-35(47)58)41(63)54-32(23-69-18-8-10-37(60)50-30(42(64)55-38)20-26-11-13-27(68-5)14-12-26)45(67)56-17-7-9-33(56)43(65)53-29(19-24(2)3)39(61)49-22-36(48)59;3-2(4,5)1(6)7/h11-14,24-25,28-33,38H,6-10,15-23H2,1-5H3,(H2,46,57)(H2,47,58)(H2,48,59)(H,49,61)(H,50,60)(H,51,66)(H,52,62)(H,53,65)(H,54,63)(H,55,64);(H,6,7)/t25-,28-,29-,30-,31-,32+,33-,38-;/m0./s1. The molecule has 0 bridgehead atoms. The van der Waals surface area contributed by atoms with E-state index in [1.165, 1.54) is 23.8 Å². The monoisotopic (exact) mass is 1100 g/mol. The second-order valence-corrected chi connectivity index (χ2v) is 19.6. The topological polar surface area (TPSA) is 400 Å². The predicted molar refractivity (Wildman–Crippen MR) is 267 cm³/mol. The van der Waals surface area contributed by atoms with Gasteiger partial charge in [0.2, 0.25) is 65.0 Å². The average molecular weight is 1100 g/mol. The molecule has 0 saturated carbocycles. The maximum atomic E-state index is 14.5. The summed E-state index contributed by atoms with van der Waals surface area (Å²) >= 11 is 1.18. The first-order valence-electron chi connectivity index (χ1n) is 24.3. The van der Waals surface area contributed by atoms with E-state index in [0.29, 0.717) is 24.2 Å². The number of primary amides is 3. The Hall–Kier alpha value is -7.20. The predicted octanol–water partition coefficient (Wildman–Crippen LogP) is -1.87. The Labute approximate surface area is 440 Å². The van der Waals surface area contributed by atoms with Gasteiger partial charge in [0.15, 0.2) is 0 Å². The SMILES string of the molecule is CC[C@H](C)[C@@H]1NC(=O)[C@H](Cc2ccc(OC)cc2)NC(=O)CCCSC[C@H](C(=O)N2CCC[C@H]2C(=O)N[C@@H](CC(C)C)C(=O)NCC(N)=O)NC(=O)[C@H](CC(N)=O)NC(=O)[C@H](CCC(N)=O)NC1=O.O=C(O)C(F)(F)F. The average Bonchev–Trinajstić information content (AvgIpc) is 3.84. The number of likely N-dealkylation sites (tertiary alicyclic amines) is 1. The first-order valence-corrected chi connectivity index (χ1v) is 25.5. The number of halogens is 3. The van der Waals surface area contributed by atoms with Crippen molar-refractivity contribution >= 4 is 82.7 Å². The molecule has 2 aliphatic rings. The molecule has 0 radical (unpaired) electrons. The summed E-state index contributed by atoms with van der Waals surface area (Å²) in [6.07, 6.45) is -5.26. The fourth-order valence-corrected chi connectivity index (χ4v) is 8.66. The van der Waals surface area contributed by atoms with Gasteiger partial charge in [0.25, 0.3) is 0 Å². The number of nitrogens with one attached hydrogen (secondary N) is 7. The third kappa shape index (κ3) is 22.7. The molecule has 1 aromatic rings. The lowest BCUT2D eigenvalue weighted by molar-refractivity contribution is -0.192. The summed E-state index contributed by atoms with van der Waals surface area (Å²) in [6.45, 7) is 6.75. The second-order valence-electron chi connectivity index (χ2n) is 18.4. The molecular weight excluding hydrogens is 1030 g/mol. The third-order valence-electron chi connectivity index (χ3n) is 11.8. The van der Waals surface area contributed by atoms with Crippen LogP contribution in [0.2, 0.25) is 0 Å². The van der Waals surface area contributed by atoms with Crippen molar-refractivity contribution in [2.75, 3.05) is 31.7 Å². The molecule has 0 aromatic heterocycles. The van der Waals surface area contributed by atoms with Crippen LogP contribution in [-0.4, -0.2) is 161 Å². The number of nitrogens with zero attached hydrogens (tertiary/aromatic N) is 1. The van der Waals surface area contributed by atoms with Gasteiger partial charge in [-0.25, -0.2) is 4.79 Å². The van der Waals surface area contributed by atoms with E-state index in [4.69, 9.17) is 31.8 Å². The van der Waals surface area contributed by atoms with Crippen LogP contribution < -0.4 is 59.2 Å². The number of carboxylic acid groups (broad SMARTS) is 1. The molecule has 11 amide bonds. The van der Waals surface area contributed by atoms with Gasteiger partial charge in [0.1, 0.15) is 48.0 Å². The fraction of sp³-hybridized carbons (Fsp3) is 0.617. The van der Waals surface area contributed by atoms with Crippen molar-refractivity contribution in [2.24, 2.45) is 29.0 Å². The number of alkyl halides is 3. The molecule has 1 aromatic carbocycles. The Morgan fingerprint density at radius 3 is 1.99 bits per heavy atom. The van der Waals surface area contributed by atoms with Gasteiger partial charge in [0, 0.05) is 31.6 Å². The lowest BCUT2D eigenvalue weighted by atomic mass is 9.96. The maximum Gasteiger partial charge on any atom is 0.490 e. The minimum Gasteiger partial charge on any atom is -0.497 e. The Balaban J connectivity index is 0.00000263. The van der Waals surface area contributed by atoms with Crippen LogP contribution in [0.1, 0.15) is 91.0 Å². The van der Waals surface area contributed by atoms with Crippen LogP contribution in [0.3, 0.4) is 0 Å². The zero-order valence-corrected chi connectivity index (χ0v) is 43.7. The lowest BCUT2D eigenvalue weighted by Crippen LogP contribution is -2.61. The summed E-state index contributed by atoms with van der Waals surface area (Å²) in [4.78, 5) is 157. The van der Waals surface area contributed by atoms with E-state index in [9.17, 15) is 65.9 Å². The highest BCUT2D eigenvalue weighted by molar-refractivity contribution is 7.99. The van der Waals surface area contributed by atoms with E-state index in [-0.39, 0.29) is 62.5 Å². The molecule has 29 heteroatoms. The number of aliphatic carboxylic acids is 1. The fourth-order valence-electron chi connectivity index (χ4n) is 7.68. The van der Waals surface area contributed by atoms with Crippen LogP contribution in [0.15, 0.2) is 24.3 Å². The van der Waals surface area contributed by atoms with E-state index in [1.54, 1.807) is 38.1 Å². The number of hydrogen-bond donors (Lipinski definition) is 11. The van der Waals surface area contributed by atoms with Crippen molar-refractivity contribution < 1.29 is 80.5 Å². The maximum absolute atomic E-state index is 14.5. The number of thioether (sulfide) groups is 1. The van der Waals surface area contributed by atoms with Crippen molar-refractivity contribution in [3.63, 3.8) is 0 Å². The van der Waals surface area contributed by atoms with E-state index in [2.05, 4.69) is 37.2 Å². The molecule has 0 unspecified atom stereocenters. The summed E-state index contributed by atoms with van der Waals surface area (Å²) in [5.74, 6) is -11.4. The van der Waals surface area contributed by atoms with Gasteiger partial charge in [-0.05, 0) is 67.4 Å². The lowest BCUT2D eigenvalue weighted by Gasteiger charge is -2.31. The van der Waals surface area contributed by atoms with Gasteiger partial charge in [-0.3, -0.25) is 52.7 Å². The number of methoxy groups -OCH3 is 1. The van der Waals surface area contributed by atoms with Crippen LogP contribution in [0.5, 0.6) is 5.75 Å². The normalized spacial score (nSPS) is 22.1. The molecule has 2 aliphatic heterocycles. The van der Waals surface area contributed by atoms with Crippen LogP contribution in [0.25, 0.3) is 0 Å². The summed E-state index contributed by atoms with van der Waals surface area (Å²) < 4.78 is 37.0. The number of rotatable bonds is 18. The van der Waals surface area contributed by atoms with E-state index < -0.39 is 145 Å². The van der Waals surface area contributed by atoms with Crippen LogP contribution in [0.4, 0.5) is 13.2 Å². The highest BCUT2D eigenvalue weighted by Crippen LogP contribution is 2.22. The van der Waals surface area contributed by atoms with Crippen molar-refractivity contribution in [2.45, 2.75) is 140 Å². The minimum absolute atomic E-state index is 0.0237. The number of ether oxygens (including phenoxy) is 1. The number of carbonyl (C=O) groups excluding carboxylic acids is 11. The summed E-state index contributed by atoms with van der Waals surface area (Å²) in [6, 6.07) is -2.40. The van der Waals surface area contributed by atoms with Crippen molar-refractivity contribution in [3.8, 4) is 5.75 Å². The van der Waals surface area contributed by atoms with Crippen molar-refractivity contribution in [1.29, 1.82) is 0 Å². The van der Waals surface area contributed by atoms with Crippen LogP contribution >= 0.6 is 11.8 Å². The molecule has 2 fully saturated rings. The van der Waals surface area contributed by atoms with Crippen LogP contribution in [0, 0.1) is 11.8 Å².